The van der Waals surface area contributed by atoms with Crippen LogP contribution in [0.15, 0.2) is 53.8 Å². The van der Waals surface area contributed by atoms with Gasteiger partial charge in [-0.05, 0) is 42.3 Å². The third kappa shape index (κ3) is 4.97. The quantitative estimate of drug-likeness (QED) is 0.459. The van der Waals surface area contributed by atoms with Crippen LogP contribution < -0.4 is 14.5 Å². The van der Waals surface area contributed by atoms with E-state index in [1.807, 2.05) is 12.1 Å². The van der Waals surface area contributed by atoms with Crippen molar-refractivity contribution >= 4 is 33.1 Å². The summed E-state index contributed by atoms with van der Waals surface area (Å²) in [6.45, 7) is 2.18. The number of fused-ring (bicyclic) bond motifs is 1. The normalized spacial score (nSPS) is 16.1. The zero-order valence-electron chi connectivity index (χ0n) is 20.1. The summed E-state index contributed by atoms with van der Waals surface area (Å²) in [5.41, 5.74) is 2.41. The number of piperidine rings is 1. The second-order valence-electron chi connectivity index (χ2n) is 8.88. The molecule has 0 atom stereocenters. The van der Waals surface area contributed by atoms with E-state index in [9.17, 15) is 13.2 Å². The number of aromatic nitrogens is 3. The van der Waals surface area contributed by atoms with E-state index in [-0.39, 0.29) is 12.1 Å². The van der Waals surface area contributed by atoms with Crippen LogP contribution in [0, 0.1) is 0 Å². The van der Waals surface area contributed by atoms with Crippen molar-refractivity contribution in [3.63, 3.8) is 0 Å². The first kappa shape index (κ1) is 24.0. The minimum Gasteiger partial charge on any atom is -0.474 e. The Labute approximate surface area is 209 Å². The molecule has 1 aromatic carbocycles. The molecule has 0 amide bonds. The largest absolute Gasteiger partial charge is 0.474 e. The van der Waals surface area contributed by atoms with E-state index in [4.69, 9.17) is 9.47 Å². The molecule has 1 saturated heterocycles. The number of rotatable bonds is 6. The number of carbonyl (C=O) groups is 1. The molecule has 0 aliphatic carbocycles. The molecular weight excluding hydrogens is 482 g/mol. The van der Waals surface area contributed by atoms with Gasteiger partial charge < -0.3 is 19.3 Å². The molecule has 0 saturated carbocycles. The number of anilines is 3. The third-order valence-corrected chi connectivity index (χ3v) is 7.61. The Morgan fingerprint density at radius 2 is 1.81 bits per heavy atom. The predicted molar refractivity (Wildman–Crippen MR) is 134 cm³/mol. The van der Waals surface area contributed by atoms with E-state index in [0.29, 0.717) is 28.7 Å². The first-order valence-electron chi connectivity index (χ1n) is 11.7. The van der Waals surface area contributed by atoms with Crippen LogP contribution in [0.1, 0.15) is 28.8 Å². The summed E-state index contributed by atoms with van der Waals surface area (Å²) < 4.78 is 34.8. The second-order valence-corrected chi connectivity index (χ2v) is 10.9. The van der Waals surface area contributed by atoms with Gasteiger partial charge in [-0.3, -0.25) is 0 Å². The Kier molecular flexibility index (Phi) is 6.48. The van der Waals surface area contributed by atoms with Crippen molar-refractivity contribution in [1.29, 1.82) is 0 Å². The topological polar surface area (TPSA) is 115 Å². The highest BCUT2D eigenvalue weighted by atomic mass is 32.2. The van der Waals surface area contributed by atoms with Gasteiger partial charge in [0.1, 0.15) is 24.1 Å². The van der Waals surface area contributed by atoms with Gasteiger partial charge in [0.15, 0.2) is 9.84 Å². The highest BCUT2D eigenvalue weighted by molar-refractivity contribution is 7.90. The van der Waals surface area contributed by atoms with E-state index >= 15 is 0 Å². The van der Waals surface area contributed by atoms with Crippen LogP contribution in [-0.4, -0.2) is 68.4 Å². The maximum atomic E-state index is 11.9. The van der Waals surface area contributed by atoms with Gasteiger partial charge in [0.05, 0.1) is 17.6 Å². The molecular formula is C25H27N5O5S. The first-order chi connectivity index (χ1) is 17.3. The number of carbonyl (C=O) groups excluding carboxylic acids is 1. The van der Waals surface area contributed by atoms with Crippen molar-refractivity contribution < 1.29 is 22.7 Å². The van der Waals surface area contributed by atoms with Gasteiger partial charge in [0, 0.05) is 56.7 Å². The number of nitrogens with zero attached hydrogens (tertiary/aromatic N) is 5. The van der Waals surface area contributed by atoms with Crippen LogP contribution in [0.25, 0.3) is 0 Å². The Balaban J connectivity index is 1.24. The van der Waals surface area contributed by atoms with Crippen LogP contribution in [0.4, 0.5) is 17.3 Å². The lowest BCUT2D eigenvalue weighted by Crippen LogP contribution is -2.38. The molecule has 4 heterocycles. The van der Waals surface area contributed by atoms with Crippen molar-refractivity contribution in [1.82, 2.24) is 15.0 Å². The third-order valence-electron chi connectivity index (χ3n) is 6.50. The lowest BCUT2D eigenvalue weighted by Gasteiger charge is -2.32. The summed E-state index contributed by atoms with van der Waals surface area (Å²) in [5, 5.41) is 0. The zero-order valence-corrected chi connectivity index (χ0v) is 20.9. The summed E-state index contributed by atoms with van der Waals surface area (Å²) in [6, 6.07) is 10.4. The van der Waals surface area contributed by atoms with E-state index < -0.39 is 9.84 Å². The average Bonchev–Trinajstić information content (AvgIpc) is 3.32. The molecule has 2 aromatic heterocycles. The standard InChI is InChI=1S/C25H27N5O5S/c1-34-25(31)18-5-9-26-22(14-18)29-10-7-19(8-11-29)35-24-15-23(27-16-28-24)30-12-6-17-13-20(36(2,32)33)3-4-21(17)30/h3-5,9,13-16,19H,6-8,10-12H2,1-2H3. The number of hydrogen-bond acceptors (Lipinski definition) is 10. The molecule has 36 heavy (non-hydrogen) atoms. The van der Waals surface area contributed by atoms with Gasteiger partial charge in [-0.25, -0.2) is 28.2 Å². The number of hydrogen-bond donors (Lipinski definition) is 0. The number of pyridine rings is 1. The fourth-order valence-electron chi connectivity index (χ4n) is 4.60. The molecule has 5 rings (SSSR count). The summed E-state index contributed by atoms with van der Waals surface area (Å²) in [4.78, 5) is 29.5. The Hall–Kier alpha value is -3.73. The summed E-state index contributed by atoms with van der Waals surface area (Å²) in [7, 11) is -1.89. The Morgan fingerprint density at radius 1 is 1.00 bits per heavy atom. The van der Waals surface area contributed by atoms with Crippen molar-refractivity contribution in [2.24, 2.45) is 0 Å². The van der Waals surface area contributed by atoms with Gasteiger partial charge in [0.25, 0.3) is 0 Å². The number of sulfone groups is 1. The molecule has 2 aliphatic rings. The van der Waals surface area contributed by atoms with Crippen LogP contribution in [0.3, 0.4) is 0 Å². The van der Waals surface area contributed by atoms with Gasteiger partial charge in [-0.2, -0.15) is 0 Å². The number of esters is 1. The molecule has 11 heteroatoms. The lowest BCUT2D eigenvalue weighted by atomic mass is 10.1. The number of ether oxygens (including phenoxy) is 2. The SMILES string of the molecule is COC(=O)c1ccnc(N2CCC(Oc3cc(N4CCc5cc(S(C)(=O)=O)ccc54)ncn3)CC2)c1. The van der Waals surface area contributed by atoms with E-state index in [0.717, 1.165) is 49.4 Å². The molecule has 188 valence electrons. The molecule has 0 bridgehead atoms. The van der Waals surface area contributed by atoms with Gasteiger partial charge in [0.2, 0.25) is 5.88 Å². The molecule has 3 aromatic rings. The Morgan fingerprint density at radius 3 is 2.56 bits per heavy atom. The molecule has 0 spiro atoms. The average molecular weight is 510 g/mol. The lowest BCUT2D eigenvalue weighted by molar-refractivity contribution is 0.0600. The van der Waals surface area contributed by atoms with Crippen molar-refractivity contribution in [3.8, 4) is 5.88 Å². The highest BCUT2D eigenvalue weighted by Gasteiger charge is 2.26. The maximum absolute atomic E-state index is 11.9. The monoisotopic (exact) mass is 509 g/mol. The van der Waals surface area contributed by atoms with Gasteiger partial charge in [-0.1, -0.05) is 0 Å². The number of benzene rings is 1. The zero-order chi connectivity index (χ0) is 25.3. The van der Waals surface area contributed by atoms with Crippen LogP contribution in [0.2, 0.25) is 0 Å². The summed E-state index contributed by atoms with van der Waals surface area (Å²) in [6.07, 6.45) is 6.62. The van der Waals surface area contributed by atoms with Crippen molar-refractivity contribution in [2.75, 3.05) is 42.8 Å². The fourth-order valence-corrected chi connectivity index (χ4v) is 5.27. The van der Waals surface area contributed by atoms with E-state index in [2.05, 4.69) is 24.8 Å². The minimum absolute atomic E-state index is 0.00373. The smallest absolute Gasteiger partial charge is 0.338 e. The Bertz CT molecular complexity index is 1390. The fraction of sp³-hybridized carbons (Fsp3) is 0.360. The molecule has 10 nitrogen and oxygen atoms in total. The van der Waals surface area contributed by atoms with Gasteiger partial charge in [-0.15, -0.1) is 0 Å². The summed E-state index contributed by atoms with van der Waals surface area (Å²) in [5.74, 6) is 1.58. The minimum atomic E-state index is -3.25. The van der Waals surface area contributed by atoms with Crippen LogP contribution in [-0.2, 0) is 21.0 Å². The van der Waals surface area contributed by atoms with Crippen LogP contribution >= 0.6 is 0 Å². The molecule has 1 fully saturated rings. The molecule has 0 N–H and O–H groups in total. The van der Waals surface area contributed by atoms with Crippen LogP contribution in [0.5, 0.6) is 5.88 Å². The first-order valence-corrected chi connectivity index (χ1v) is 13.6. The van der Waals surface area contributed by atoms with Crippen molar-refractivity contribution in [3.05, 3.63) is 60.0 Å². The highest BCUT2D eigenvalue weighted by Crippen LogP contribution is 2.35. The molecule has 2 aliphatic heterocycles. The predicted octanol–water partition coefficient (Wildman–Crippen LogP) is 2.80. The van der Waals surface area contributed by atoms with Crippen molar-refractivity contribution in [2.45, 2.75) is 30.3 Å². The molecule has 0 unspecified atom stereocenters. The maximum Gasteiger partial charge on any atom is 0.338 e. The van der Waals surface area contributed by atoms with E-state index in [1.165, 1.54) is 19.7 Å². The van der Waals surface area contributed by atoms with E-state index in [1.54, 1.807) is 30.5 Å². The summed E-state index contributed by atoms with van der Waals surface area (Å²) >= 11 is 0. The molecule has 0 radical (unpaired) electrons. The second kappa shape index (κ2) is 9.73. The van der Waals surface area contributed by atoms with Gasteiger partial charge >= 0.3 is 5.97 Å². The number of methoxy groups -OCH3 is 1.